The molecule has 0 radical (unpaired) electrons. The molecular weight excluding hydrogens is 270 g/mol. The van der Waals surface area contributed by atoms with E-state index in [2.05, 4.69) is 11.6 Å². The molecular formula is C16H25NO2S. The van der Waals surface area contributed by atoms with E-state index >= 15 is 0 Å². The zero-order valence-corrected chi connectivity index (χ0v) is 13.2. The van der Waals surface area contributed by atoms with Crippen LogP contribution in [0.5, 0.6) is 5.75 Å². The molecule has 1 saturated carbocycles. The number of hydrogen-bond donors (Lipinski definition) is 2. The summed E-state index contributed by atoms with van der Waals surface area (Å²) in [7, 11) is 1.65. The SMILES string of the molecule is COc1cccc(C(O)CNC2CCC(SC)CC2)c1. The highest BCUT2D eigenvalue weighted by Crippen LogP contribution is 2.27. The van der Waals surface area contributed by atoms with Gasteiger partial charge in [-0.05, 0) is 49.6 Å². The Morgan fingerprint density at radius 1 is 1.35 bits per heavy atom. The van der Waals surface area contributed by atoms with Crippen LogP contribution in [0.4, 0.5) is 0 Å². The summed E-state index contributed by atoms with van der Waals surface area (Å²) < 4.78 is 5.19. The van der Waals surface area contributed by atoms with E-state index in [0.717, 1.165) is 16.6 Å². The first-order chi connectivity index (χ1) is 9.72. The second-order valence-corrected chi connectivity index (χ2v) is 6.55. The molecule has 1 fully saturated rings. The van der Waals surface area contributed by atoms with E-state index < -0.39 is 6.10 Å². The van der Waals surface area contributed by atoms with Crippen molar-refractivity contribution in [3.8, 4) is 5.75 Å². The molecule has 0 spiro atoms. The summed E-state index contributed by atoms with van der Waals surface area (Å²) in [5, 5.41) is 14.6. The van der Waals surface area contributed by atoms with E-state index in [1.165, 1.54) is 25.7 Å². The van der Waals surface area contributed by atoms with Gasteiger partial charge in [0, 0.05) is 17.8 Å². The molecule has 1 aromatic rings. The zero-order chi connectivity index (χ0) is 14.4. The fourth-order valence-electron chi connectivity index (χ4n) is 2.75. The molecule has 3 nitrogen and oxygen atoms in total. The third-order valence-electron chi connectivity index (χ3n) is 4.09. The predicted octanol–water partition coefficient (Wildman–Crippen LogP) is 2.99. The standard InChI is InChI=1S/C16H25NO2S/c1-19-14-5-3-4-12(10-14)16(18)11-17-13-6-8-15(20-2)9-7-13/h3-5,10,13,15-18H,6-9,11H2,1-2H3. The maximum absolute atomic E-state index is 10.2. The van der Waals surface area contributed by atoms with Gasteiger partial charge in [-0.2, -0.15) is 11.8 Å². The minimum Gasteiger partial charge on any atom is -0.497 e. The summed E-state index contributed by atoms with van der Waals surface area (Å²) >= 11 is 1.98. The summed E-state index contributed by atoms with van der Waals surface area (Å²) in [4.78, 5) is 0. The van der Waals surface area contributed by atoms with E-state index in [1.807, 2.05) is 36.0 Å². The molecule has 0 heterocycles. The van der Waals surface area contributed by atoms with Crippen molar-refractivity contribution < 1.29 is 9.84 Å². The lowest BCUT2D eigenvalue weighted by Crippen LogP contribution is -2.36. The Labute approximate surface area is 126 Å². The van der Waals surface area contributed by atoms with Crippen molar-refractivity contribution >= 4 is 11.8 Å². The first-order valence-electron chi connectivity index (χ1n) is 7.31. The van der Waals surface area contributed by atoms with E-state index in [4.69, 9.17) is 4.74 Å². The molecule has 1 atom stereocenters. The minimum absolute atomic E-state index is 0.469. The van der Waals surface area contributed by atoms with E-state index in [0.29, 0.717) is 12.6 Å². The molecule has 1 aromatic carbocycles. The summed E-state index contributed by atoms with van der Waals surface area (Å²) in [6.07, 6.45) is 6.74. The van der Waals surface area contributed by atoms with Crippen LogP contribution >= 0.6 is 11.8 Å². The maximum atomic E-state index is 10.2. The van der Waals surface area contributed by atoms with Crippen molar-refractivity contribution in [3.63, 3.8) is 0 Å². The van der Waals surface area contributed by atoms with Crippen LogP contribution in [0, 0.1) is 0 Å². The van der Waals surface area contributed by atoms with Crippen LogP contribution in [0.15, 0.2) is 24.3 Å². The third kappa shape index (κ3) is 4.40. The Bertz CT molecular complexity index is 405. The summed E-state index contributed by atoms with van der Waals surface area (Å²) in [6, 6.07) is 8.21. The van der Waals surface area contributed by atoms with Crippen molar-refractivity contribution in [1.82, 2.24) is 5.32 Å². The number of methoxy groups -OCH3 is 1. The van der Waals surface area contributed by atoms with Crippen LogP contribution in [0.25, 0.3) is 0 Å². The molecule has 112 valence electrons. The minimum atomic E-state index is -0.469. The van der Waals surface area contributed by atoms with E-state index in [-0.39, 0.29) is 0 Å². The average Bonchev–Trinajstić information content (AvgIpc) is 2.53. The smallest absolute Gasteiger partial charge is 0.119 e. The highest BCUT2D eigenvalue weighted by molar-refractivity contribution is 7.99. The van der Waals surface area contributed by atoms with Gasteiger partial charge in [-0.3, -0.25) is 0 Å². The molecule has 2 rings (SSSR count). The van der Waals surface area contributed by atoms with Crippen LogP contribution in [0.2, 0.25) is 0 Å². The van der Waals surface area contributed by atoms with Crippen molar-refractivity contribution in [2.75, 3.05) is 19.9 Å². The predicted molar refractivity (Wildman–Crippen MR) is 85.5 cm³/mol. The molecule has 4 heteroatoms. The maximum Gasteiger partial charge on any atom is 0.119 e. The normalized spacial score (nSPS) is 24.4. The molecule has 1 aliphatic rings. The topological polar surface area (TPSA) is 41.5 Å². The Hall–Kier alpha value is -0.710. The molecule has 20 heavy (non-hydrogen) atoms. The Morgan fingerprint density at radius 2 is 2.10 bits per heavy atom. The van der Waals surface area contributed by atoms with Gasteiger partial charge in [0.1, 0.15) is 5.75 Å². The monoisotopic (exact) mass is 295 g/mol. The first-order valence-corrected chi connectivity index (χ1v) is 8.60. The second-order valence-electron chi connectivity index (χ2n) is 5.41. The molecule has 0 amide bonds. The Kier molecular flexibility index (Phi) is 6.20. The first kappa shape index (κ1) is 15.7. The molecule has 0 aromatic heterocycles. The summed E-state index contributed by atoms with van der Waals surface area (Å²) in [5.41, 5.74) is 0.912. The fraction of sp³-hybridized carbons (Fsp3) is 0.625. The summed E-state index contributed by atoms with van der Waals surface area (Å²) in [5.74, 6) is 0.794. The lowest BCUT2D eigenvalue weighted by atomic mass is 9.94. The van der Waals surface area contributed by atoms with Crippen molar-refractivity contribution in [3.05, 3.63) is 29.8 Å². The molecule has 0 saturated heterocycles. The highest BCUT2D eigenvalue weighted by atomic mass is 32.2. The summed E-state index contributed by atoms with van der Waals surface area (Å²) in [6.45, 7) is 0.613. The van der Waals surface area contributed by atoms with Gasteiger partial charge >= 0.3 is 0 Å². The molecule has 0 aliphatic heterocycles. The number of aliphatic hydroxyl groups is 1. The molecule has 1 aliphatic carbocycles. The largest absolute Gasteiger partial charge is 0.497 e. The van der Waals surface area contributed by atoms with Gasteiger partial charge in [0.05, 0.1) is 13.2 Å². The van der Waals surface area contributed by atoms with Crippen LogP contribution < -0.4 is 10.1 Å². The number of nitrogens with one attached hydrogen (secondary N) is 1. The molecule has 1 unspecified atom stereocenters. The number of thioether (sulfide) groups is 1. The van der Waals surface area contributed by atoms with Crippen molar-refractivity contribution in [2.24, 2.45) is 0 Å². The fourth-order valence-corrected chi connectivity index (χ4v) is 3.49. The number of hydrogen-bond acceptors (Lipinski definition) is 4. The van der Waals surface area contributed by atoms with Gasteiger partial charge in [-0.15, -0.1) is 0 Å². The Balaban J connectivity index is 1.78. The van der Waals surface area contributed by atoms with Crippen molar-refractivity contribution in [1.29, 1.82) is 0 Å². The van der Waals surface area contributed by atoms with Gasteiger partial charge in [0.25, 0.3) is 0 Å². The number of rotatable bonds is 6. The van der Waals surface area contributed by atoms with E-state index in [1.54, 1.807) is 7.11 Å². The lowest BCUT2D eigenvalue weighted by Gasteiger charge is -2.29. The van der Waals surface area contributed by atoms with Crippen LogP contribution in [-0.2, 0) is 0 Å². The van der Waals surface area contributed by atoms with Gasteiger partial charge in [0.2, 0.25) is 0 Å². The van der Waals surface area contributed by atoms with Gasteiger partial charge in [0.15, 0.2) is 0 Å². The number of ether oxygens (including phenoxy) is 1. The average molecular weight is 295 g/mol. The third-order valence-corrected chi connectivity index (χ3v) is 5.22. The van der Waals surface area contributed by atoms with Gasteiger partial charge < -0.3 is 15.2 Å². The van der Waals surface area contributed by atoms with Crippen molar-refractivity contribution in [2.45, 2.75) is 43.1 Å². The number of benzene rings is 1. The zero-order valence-electron chi connectivity index (χ0n) is 12.3. The quantitative estimate of drug-likeness (QED) is 0.846. The highest BCUT2D eigenvalue weighted by Gasteiger charge is 2.20. The number of aliphatic hydroxyl groups excluding tert-OH is 1. The van der Waals surface area contributed by atoms with Gasteiger partial charge in [-0.1, -0.05) is 12.1 Å². The van der Waals surface area contributed by atoms with Crippen LogP contribution in [-0.4, -0.2) is 36.3 Å². The van der Waals surface area contributed by atoms with Crippen LogP contribution in [0.1, 0.15) is 37.4 Å². The lowest BCUT2D eigenvalue weighted by molar-refractivity contribution is 0.165. The Morgan fingerprint density at radius 3 is 2.75 bits per heavy atom. The second kappa shape index (κ2) is 7.91. The molecule has 0 bridgehead atoms. The van der Waals surface area contributed by atoms with E-state index in [9.17, 15) is 5.11 Å². The molecule has 2 N–H and O–H groups in total. The van der Waals surface area contributed by atoms with Crippen LogP contribution in [0.3, 0.4) is 0 Å². The van der Waals surface area contributed by atoms with Gasteiger partial charge in [-0.25, -0.2) is 0 Å².